The minimum Gasteiger partial charge on any atom is -0.0622 e. The summed E-state index contributed by atoms with van der Waals surface area (Å²) in [5.41, 5.74) is 23.2. The van der Waals surface area contributed by atoms with Crippen LogP contribution in [-0.2, 0) is 10.8 Å². The first-order valence-corrected chi connectivity index (χ1v) is 23.4. The normalized spacial score (nSPS) is 14.0. The molecule has 0 fully saturated rings. The van der Waals surface area contributed by atoms with E-state index in [1.165, 1.54) is 132 Å². The Morgan fingerprint density at radius 2 is 0.636 bits per heavy atom. The van der Waals surface area contributed by atoms with Crippen molar-refractivity contribution >= 4 is 32.3 Å². The third kappa shape index (κ3) is 5.71. The zero-order valence-corrected chi connectivity index (χ0v) is 37.8. The van der Waals surface area contributed by atoms with Gasteiger partial charge in [-0.3, -0.25) is 0 Å². The van der Waals surface area contributed by atoms with Crippen LogP contribution in [0, 0.1) is 0 Å². The first kappa shape index (κ1) is 38.6. The molecule has 0 spiro atoms. The molecule has 0 radical (unpaired) electrons. The summed E-state index contributed by atoms with van der Waals surface area (Å²) in [5.74, 6) is 0. The van der Waals surface area contributed by atoms with Crippen LogP contribution in [0.1, 0.15) is 49.9 Å². The van der Waals surface area contributed by atoms with Crippen molar-refractivity contribution in [2.45, 2.75) is 38.5 Å². The van der Waals surface area contributed by atoms with Crippen molar-refractivity contribution in [3.8, 4) is 77.9 Å². The van der Waals surface area contributed by atoms with E-state index in [0.29, 0.717) is 0 Å². The van der Waals surface area contributed by atoms with Gasteiger partial charge in [-0.2, -0.15) is 0 Å². The first-order valence-electron chi connectivity index (χ1n) is 23.4. The highest BCUT2D eigenvalue weighted by Crippen LogP contribution is 2.53. The molecular weight excluding hydrogens is 793 g/mol. The van der Waals surface area contributed by atoms with E-state index in [2.05, 4.69) is 246 Å². The monoisotopic (exact) mass is 840 g/mol. The summed E-state index contributed by atoms with van der Waals surface area (Å²) in [6, 6.07) is 82.3. The summed E-state index contributed by atoms with van der Waals surface area (Å²) in [5, 5.41) is 7.51. The van der Waals surface area contributed by atoms with Gasteiger partial charge in [-0.05, 0) is 157 Å². The van der Waals surface area contributed by atoms with E-state index < -0.39 is 0 Å². The van der Waals surface area contributed by atoms with E-state index in [1.54, 1.807) is 0 Å². The van der Waals surface area contributed by atoms with Crippen LogP contribution in [0.5, 0.6) is 0 Å². The Hall–Kier alpha value is -7.80. The number of hydrogen-bond donors (Lipinski definition) is 0. The number of hydrogen-bond acceptors (Lipinski definition) is 0. The van der Waals surface area contributed by atoms with Crippen LogP contribution < -0.4 is 0 Å². The van der Waals surface area contributed by atoms with E-state index >= 15 is 0 Å². The molecule has 0 saturated heterocycles. The molecule has 0 bridgehead atoms. The van der Waals surface area contributed by atoms with Crippen molar-refractivity contribution in [3.63, 3.8) is 0 Å². The fourth-order valence-electron chi connectivity index (χ4n) is 11.9. The zero-order valence-electron chi connectivity index (χ0n) is 37.8. The second-order valence-corrected chi connectivity index (χ2v) is 19.6. The van der Waals surface area contributed by atoms with Gasteiger partial charge in [0.25, 0.3) is 0 Å². The summed E-state index contributed by atoms with van der Waals surface area (Å²) in [6.45, 7) is 9.49. The standard InChI is InChI=1S/C66H48/c1-65(2)59-23-12-10-20-50(59)52-33-29-47(39-61(52)65)45-32-36-56-57(37-45)63(44-27-25-42(26-28-44)41-15-6-5-7-16-41)55-35-31-46(38-58(55)64(56)54-22-14-18-43-17-8-9-19-49(43)54)48-30-34-53-51-21-11-13-24-60(51)66(3,4)62(53)40-48/h5-40H,1-4H3. The van der Waals surface area contributed by atoms with Gasteiger partial charge in [0.15, 0.2) is 0 Å². The lowest BCUT2D eigenvalue weighted by Crippen LogP contribution is -2.14. The molecule has 66 heavy (non-hydrogen) atoms. The van der Waals surface area contributed by atoms with Gasteiger partial charge in [0.05, 0.1) is 0 Å². The zero-order chi connectivity index (χ0) is 44.3. The highest BCUT2D eigenvalue weighted by atomic mass is 14.4. The van der Waals surface area contributed by atoms with Gasteiger partial charge in [0, 0.05) is 10.8 Å². The average Bonchev–Trinajstić information content (AvgIpc) is 3.74. The van der Waals surface area contributed by atoms with Crippen molar-refractivity contribution in [2.24, 2.45) is 0 Å². The SMILES string of the molecule is CC1(C)c2ccccc2-c2ccc(-c3ccc4c(-c5cccc6ccccc56)c5cc(-c6ccc7c(c6)C(C)(C)c6ccccc6-7)ccc5c(-c5ccc(-c6ccccc6)cc5)c4c3)cc21. The maximum absolute atomic E-state index is 2.48. The fraction of sp³-hybridized carbons (Fsp3) is 0.0909. The molecule has 0 unspecified atom stereocenters. The van der Waals surface area contributed by atoms with E-state index in [4.69, 9.17) is 0 Å². The topological polar surface area (TPSA) is 0 Å². The van der Waals surface area contributed by atoms with Gasteiger partial charge in [0.1, 0.15) is 0 Å². The minimum atomic E-state index is -0.0849. The van der Waals surface area contributed by atoms with Crippen molar-refractivity contribution in [2.75, 3.05) is 0 Å². The average molecular weight is 841 g/mol. The van der Waals surface area contributed by atoms with Crippen molar-refractivity contribution in [3.05, 3.63) is 241 Å². The maximum Gasteiger partial charge on any atom is 0.0159 e. The van der Waals surface area contributed by atoms with Crippen molar-refractivity contribution < 1.29 is 0 Å². The molecule has 0 atom stereocenters. The largest absolute Gasteiger partial charge is 0.0622 e. The van der Waals surface area contributed by atoms with E-state index in [9.17, 15) is 0 Å². The van der Waals surface area contributed by atoms with Crippen molar-refractivity contribution in [1.82, 2.24) is 0 Å². The maximum atomic E-state index is 2.48. The molecule has 0 amide bonds. The van der Waals surface area contributed by atoms with Gasteiger partial charge >= 0.3 is 0 Å². The Labute approximate surface area is 387 Å². The predicted octanol–water partition coefficient (Wildman–Crippen LogP) is 18.1. The third-order valence-corrected chi connectivity index (χ3v) is 15.3. The quantitative estimate of drug-likeness (QED) is 0.151. The van der Waals surface area contributed by atoms with Crippen LogP contribution in [0.4, 0.5) is 0 Å². The highest BCUT2D eigenvalue weighted by Gasteiger charge is 2.36. The fourth-order valence-corrected chi connectivity index (χ4v) is 11.9. The van der Waals surface area contributed by atoms with Gasteiger partial charge in [-0.15, -0.1) is 0 Å². The molecule has 0 N–H and O–H groups in total. The summed E-state index contributed by atoms with van der Waals surface area (Å²) >= 11 is 0. The molecule has 13 rings (SSSR count). The lowest BCUT2D eigenvalue weighted by molar-refractivity contribution is 0.660. The molecule has 312 valence electrons. The molecule has 0 aliphatic heterocycles. The minimum absolute atomic E-state index is 0.0849. The lowest BCUT2D eigenvalue weighted by atomic mass is 9.80. The van der Waals surface area contributed by atoms with E-state index in [1.807, 2.05) is 0 Å². The molecule has 0 nitrogen and oxygen atoms in total. The summed E-state index contributed by atoms with van der Waals surface area (Å²) < 4.78 is 0. The van der Waals surface area contributed by atoms with Gasteiger partial charge < -0.3 is 0 Å². The summed E-state index contributed by atoms with van der Waals surface area (Å²) in [7, 11) is 0. The molecule has 0 heterocycles. The Morgan fingerprint density at radius 3 is 1.26 bits per heavy atom. The first-order chi connectivity index (χ1) is 32.2. The smallest absolute Gasteiger partial charge is 0.0159 e. The van der Waals surface area contributed by atoms with Crippen LogP contribution in [0.15, 0.2) is 218 Å². The predicted molar refractivity (Wildman–Crippen MR) is 281 cm³/mol. The van der Waals surface area contributed by atoms with Crippen LogP contribution in [0.3, 0.4) is 0 Å². The Bertz CT molecular complexity index is 3780. The molecule has 0 heteroatoms. The Morgan fingerprint density at radius 1 is 0.227 bits per heavy atom. The highest BCUT2D eigenvalue weighted by molar-refractivity contribution is 6.24. The van der Waals surface area contributed by atoms with Gasteiger partial charge in [-0.25, -0.2) is 0 Å². The lowest BCUT2D eigenvalue weighted by Gasteiger charge is -2.23. The molecule has 0 saturated carbocycles. The summed E-state index contributed by atoms with van der Waals surface area (Å²) in [4.78, 5) is 0. The van der Waals surface area contributed by atoms with Crippen LogP contribution in [0.25, 0.3) is 110 Å². The second kappa shape index (κ2) is 14.4. The molecule has 0 aromatic heterocycles. The Balaban J connectivity index is 1.08. The molecule has 2 aliphatic rings. The Kier molecular flexibility index (Phi) is 8.40. The van der Waals surface area contributed by atoms with E-state index in [0.717, 1.165) is 0 Å². The molecular formula is C66H48. The van der Waals surface area contributed by atoms with Crippen LogP contribution >= 0.6 is 0 Å². The third-order valence-electron chi connectivity index (χ3n) is 15.3. The molecule has 11 aromatic carbocycles. The molecule has 11 aromatic rings. The van der Waals surface area contributed by atoms with Crippen LogP contribution in [0.2, 0.25) is 0 Å². The number of benzene rings is 11. The summed E-state index contributed by atoms with van der Waals surface area (Å²) in [6.07, 6.45) is 0. The molecule has 2 aliphatic carbocycles. The van der Waals surface area contributed by atoms with E-state index in [-0.39, 0.29) is 10.8 Å². The van der Waals surface area contributed by atoms with Crippen molar-refractivity contribution in [1.29, 1.82) is 0 Å². The van der Waals surface area contributed by atoms with Crippen LogP contribution in [-0.4, -0.2) is 0 Å². The van der Waals surface area contributed by atoms with Gasteiger partial charge in [-0.1, -0.05) is 222 Å². The van der Waals surface area contributed by atoms with Gasteiger partial charge in [0.2, 0.25) is 0 Å². The number of rotatable bonds is 5. The number of fused-ring (bicyclic) bond motifs is 9. The second-order valence-electron chi connectivity index (χ2n) is 19.6.